The number of carbonyl (C=O) groups is 1. The van der Waals surface area contributed by atoms with Gasteiger partial charge in [-0.15, -0.1) is 24.9 Å². The molecule has 4 nitrogen and oxygen atoms in total. The smallest absolute Gasteiger partial charge is 0.472 e. The largest absolute Gasteiger partial charge is 0.573 e. The number of hydrogen-bond acceptors (Lipinski definition) is 4. The van der Waals surface area contributed by atoms with E-state index >= 15 is 0 Å². The molecule has 8 heteroatoms. The molecule has 4 aromatic rings. The molecule has 0 spiro atoms. The first kappa shape index (κ1) is 24.1. The Morgan fingerprint density at radius 1 is 0.944 bits per heavy atom. The third-order valence-electron chi connectivity index (χ3n) is 6.14. The van der Waals surface area contributed by atoms with Gasteiger partial charge in [-0.3, -0.25) is 4.79 Å². The predicted octanol–water partition coefficient (Wildman–Crippen LogP) is 7.55. The Balaban J connectivity index is 1.37. The van der Waals surface area contributed by atoms with Crippen molar-refractivity contribution in [3.63, 3.8) is 0 Å². The summed E-state index contributed by atoms with van der Waals surface area (Å²) in [5, 5.41) is 0. The van der Waals surface area contributed by atoms with Crippen molar-refractivity contribution in [3.05, 3.63) is 108 Å². The lowest BCUT2D eigenvalue weighted by Gasteiger charge is -2.31. The second-order valence-corrected chi connectivity index (χ2v) is 9.40. The number of ketones is 1. The summed E-state index contributed by atoms with van der Waals surface area (Å²) in [6.07, 6.45) is -2.39. The molecule has 5 rings (SSSR count). The van der Waals surface area contributed by atoms with E-state index < -0.39 is 12.0 Å². The molecule has 0 saturated carbocycles. The normalized spacial score (nSPS) is 17.1. The van der Waals surface area contributed by atoms with Gasteiger partial charge < -0.3 is 14.0 Å². The highest BCUT2D eigenvalue weighted by Gasteiger charge is 2.45. The van der Waals surface area contributed by atoms with E-state index in [0.717, 1.165) is 21.7 Å². The second-order valence-electron chi connectivity index (χ2n) is 8.35. The number of hydrogen-bond donors (Lipinski definition) is 0. The number of thioether (sulfide) groups is 1. The Morgan fingerprint density at radius 3 is 2.36 bits per heavy atom. The molecule has 3 aromatic carbocycles. The minimum Gasteiger partial charge on any atom is -0.472 e. The minimum absolute atomic E-state index is 0.102. The number of halogens is 3. The topological polar surface area (TPSA) is 40.5 Å². The summed E-state index contributed by atoms with van der Waals surface area (Å²) in [5.41, 5.74) is 2.00. The summed E-state index contributed by atoms with van der Waals surface area (Å²) in [4.78, 5) is 14.6. The van der Waals surface area contributed by atoms with Crippen LogP contribution in [0.15, 0.2) is 96.0 Å². The van der Waals surface area contributed by atoms with Crippen LogP contribution in [0, 0.1) is 0 Å². The highest BCUT2D eigenvalue weighted by atomic mass is 32.2. The molecule has 1 unspecified atom stereocenters. The molecule has 0 N–H and O–H groups in total. The third kappa shape index (κ3) is 4.60. The number of ether oxygens (including phenoxy) is 2. The van der Waals surface area contributed by atoms with E-state index in [1.54, 1.807) is 12.1 Å². The van der Waals surface area contributed by atoms with Gasteiger partial charge in [0.25, 0.3) is 0 Å². The Bertz CT molecular complexity index is 1380. The Kier molecular flexibility index (Phi) is 6.30. The molecule has 2 heterocycles. The first-order valence-electron chi connectivity index (χ1n) is 11.4. The van der Waals surface area contributed by atoms with Gasteiger partial charge in [-0.2, -0.15) is 0 Å². The molecule has 0 bridgehead atoms. The van der Waals surface area contributed by atoms with Crippen LogP contribution in [0.5, 0.6) is 11.5 Å². The van der Waals surface area contributed by atoms with Gasteiger partial charge in [0.2, 0.25) is 5.78 Å². The summed E-state index contributed by atoms with van der Waals surface area (Å²) in [6, 6.07) is 24.8. The van der Waals surface area contributed by atoms with Crippen molar-refractivity contribution in [2.75, 3.05) is 0 Å². The van der Waals surface area contributed by atoms with E-state index in [9.17, 15) is 18.0 Å². The summed E-state index contributed by atoms with van der Waals surface area (Å²) in [6.45, 7) is 1.94. The van der Waals surface area contributed by atoms with Crippen LogP contribution in [0.3, 0.4) is 0 Å². The third-order valence-corrected chi connectivity index (χ3v) is 7.22. The zero-order chi connectivity index (χ0) is 25.3. The standard InChI is InChI=1S/C28H22F3NO3S/c1-2-27(26(33)24-7-5-17-32(24)23-6-3-4-8-25(23)35-27)20-11-9-19(10-12-20)18-36-22-15-13-21(14-16-22)34-28(29,30)31/h3-17H,2,18H2,1H3. The van der Waals surface area contributed by atoms with Crippen molar-refractivity contribution < 1.29 is 27.4 Å². The Hall–Kier alpha value is -3.65. The maximum atomic E-state index is 13.8. The molecular formula is C28H22F3NO3S. The van der Waals surface area contributed by atoms with E-state index in [1.807, 2.05) is 78.4 Å². The van der Waals surface area contributed by atoms with Gasteiger partial charge in [0, 0.05) is 22.4 Å². The number of carbonyl (C=O) groups excluding carboxylic acids is 1. The molecular weight excluding hydrogens is 487 g/mol. The lowest BCUT2D eigenvalue weighted by atomic mass is 9.84. The summed E-state index contributed by atoms with van der Waals surface area (Å²) in [5.74, 6) is 0.899. The summed E-state index contributed by atoms with van der Waals surface area (Å²) < 4.78 is 49.3. The van der Waals surface area contributed by atoms with Crippen LogP contribution in [0.2, 0.25) is 0 Å². The number of Topliss-reactive ketones (excluding diaryl/α,β-unsaturated/α-hetero) is 1. The average Bonchev–Trinajstić information content (AvgIpc) is 3.32. The highest BCUT2D eigenvalue weighted by molar-refractivity contribution is 7.98. The zero-order valence-corrected chi connectivity index (χ0v) is 20.1. The Morgan fingerprint density at radius 2 is 1.67 bits per heavy atom. The van der Waals surface area contributed by atoms with Crippen molar-refractivity contribution in [1.82, 2.24) is 4.57 Å². The maximum absolute atomic E-state index is 13.8. The summed E-state index contributed by atoms with van der Waals surface area (Å²) >= 11 is 1.49. The van der Waals surface area contributed by atoms with Crippen LogP contribution >= 0.6 is 11.8 Å². The van der Waals surface area contributed by atoms with E-state index in [4.69, 9.17) is 4.74 Å². The van der Waals surface area contributed by atoms with Crippen LogP contribution in [0.4, 0.5) is 13.2 Å². The van der Waals surface area contributed by atoms with Gasteiger partial charge in [-0.25, -0.2) is 0 Å². The molecule has 0 saturated heterocycles. The fourth-order valence-electron chi connectivity index (χ4n) is 4.36. The first-order valence-corrected chi connectivity index (χ1v) is 12.4. The fraction of sp³-hybridized carbons (Fsp3) is 0.179. The number of nitrogens with zero attached hydrogens (tertiary/aromatic N) is 1. The average molecular weight is 510 g/mol. The monoisotopic (exact) mass is 509 g/mol. The van der Waals surface area contributed by atoms with Crippen LogP contribution in [0.25, 0.3) is 5.69 Å². The van der Waals surface area contributed by atoms with Crippen LogP contribution < -0.4 is 9.47 Å². The Labute approximate surface area is 210 Å². The lowest BCUT2D eigenvalue weighted by Crippen LogP contribution is -2.41. The van der Waals surface area contributed by atoms with E-state index in [2.05, 4.69) is 4.74 Å². The lowest BCUT2D eigenvalue weighted by molar-refractivity contribution is -0.274. The highest BCUT2D eigenvalue weighted by Crippen LogP contribution is 2.41. The second kappa shape index (κ2) is 9.43. The molecule has 184 valence electrons. The zero-order valence-electron chi connectivity index (χ0n) is 19.3. The van der Waals surface area contributed by atoms with Gasteiger partial charge >= 0.3 is 6.36 Å². The number of para-hydroxylation sites is 2. The van der Waals surface area contributed by atoms with Gasteiger partial charge in [-0.1, -0.05) is 43.3 Å². The number of aromatic nitrogens is 1. The first-order chi connectivity index (χ1) is 17.3. The van der Waals surface area contributed by atoms with Gasteiger partial charge in [-0.05, 0) is 60.5 Å². The molecule has 36 heavy (non-hydrogen) atoms. The molecule has 0 amide bonds. The van der Waals surface area contributed by atoms with Crippen molar-refractivity contribution in [3.8, 4) is 17.2 Å². The fourth-order valence-corrected chi connectivity index (χ4v) is 5.22. The van der Waals surface area contributed by atoms with Crippen molar-refractivity contribution >= 4 is 17.5 Å². The molecule has 1 aliphatic heterocycles. The van der Waals surface area contributed by atoms with Crippen molar-refractivity contribution in [1.29, 1.82) is 0 Å². The summed E-state index contributed by atoms with van der Waals surface area (Å²) in [7, 11) is 0. The van der Waals surface area contributed by atoms with Gasteiger partial charge in [0.1, 0.15) is 11.5 Å². The van der Waals surface area contributed by atoms with E-state index in [1.165, 1.54) is 23.9 Å². The molecule has 0 radical (unpaired) electrons. The number of fused-ring (bicyclic) bond motifs is 3. The molecule has 1 aliphatic rings. The van der Waals surface area contributed by atoms with Gasteiger partial charge in [0.15, 0.2) is 5.60 Å². The number of alkyl halides is 3. The van der Waals surface area contributed by atoms with Crippen molar-refractivity contribution in [2.24, 2.45) is 0 Å². The minimum atomic E-state index is -4.71. The van der Waals surface area contributed by atoms with Crippen LogP contribution in [-0.4, -0.2) is 16.7 Å². The number of rotatable bonds is 6. The number of benzene rings is 3. The molecule has 1 atom stereocenters. The van der Waals surface area contributed by atoms with Crippen LogP contribution in [0.1, 0.15) is 35.0 Å². The van der Waals surface area contributed by atoms with E-state index in [-0.39, 0.29) is 11.5 Å². The van der Waals surface area contributed by atoms with Crippen LogP contribution in [-0.2, 0) is 11.4 Å². The molecule has 1 aromatic heterocycles. The predicted molar refractivity (Wildman–Crippen MR) is 132 cm³/mol. The van der Waals surface area contributed by atoms with Gasteiger partial charge in [0.05, 0.1) is 11.4 Å². The maximum Gasteiger partial charge on any atom is 0.573 e. The van der Waals surface area contributed by atoms with E-state index in [0.29, 0.717) is 23.6 Å². The quantitative estimate of drug-likeness (QED) is 0.252. The molecule has 0 fully saturated rings. The SMILES string of the molecule is CCC1(c2ccc(CSc3ccc(OC(F)(F)F)cc3)cc2)Oc2ccccc2-n2cccc2C1=O. The molecule has 0 aliphatic carbocycles. The van der Waals surface area contributed by atoms with Crippen molar-refractivity contribution in [2.45, 2.75) is 36.0 Å².